The lowest BCUT2D eigenvalue weighted by molar-refractivity contribution is 0.291. The van der Waals surface area contributed by atoms with Crippen molar-refractivity contribution in [3.05, 3.63) is 41.5 Å². The summed E-state index contributed by atoms with van der Waals surface area (Å²) in [4.78, 5) is 0. The first-order valence-electron chi connectivity index (χ1n) is 6.60. The topological polar surface area (TPSA) is 35.2 Å². The maximum absolute atomic E-state index is 13.7. The molecule has 0 radical (unpaired) electrons. The van der Waals surface area contributed by atoms with Crippen LogP contribution in [0.2, 0.25) is 0 Å². The number of nitrogens with two attached hydrogens (primary N) is 1. The fraction of sp³-hybridized carbons (Fsp3) is 0.467. The maximum atomic E-state index is 13.7. The van der Waals surface area contributed by atoms with E-state index in [1.165, 1.54) is 6.07 Å². The lowest BCUT2D eigenvalue weighted by Gasteiger charge is -2.09. The highest BCUT2D eigenvalue weighted by atomic mass is 19.1. The number of benzene rings is 1. The Hall–Kier alpha value is -1.42. The van der Waals surface area contributed by atoms with Crippen LogP contribution in [0.3, 0.4) is 0 Å². The van der Waals surface area contributed by atoms with Gasteiger partial charge in [-0.05, 0) is 36.1 Å². The van der Waals surface area contributed by atoms with E-state index in [4.69, 9.17) is 10.5 Å². The predicted molar refractivity (Wildman–Crippen MR) is 73.4 cm³/mol. The molecule has 0 atom stereocenters. The molecule has 0 spiro atoms. The number of hydrogen-bond donors (Lipinski definition) is 1. The van der Waals surface area contributed by atoms with Crippen LogP contribution in [0, 0.1) is 5.82 Å². The summed E-state index contributed by atoms with van der Waals surface area (Å²) >= 11 is 0. The molecule has 1 aromatic carbocycles. The van der Waals surface area contributed by atoms with Gasteiger partial charge in [0.2, 0.25) is 0 Å². The van der Waals surface area contributed by atoms with Crippen molar-refractivity contribution in [1.29, 1.82) is 0 Å². The Kier molecular flexibility index (Phi) is 7.11. The molecule has 2 nitrogen and oxygen atoms in total. The van der Waals surface area contributed by atoms with Gasteiger partial charge in [0.25, 0.3) is 0 Å². The first-order chi connectivity index (χ1) is 9.21. The second-order valence-corrected chi connectivity index (χ2v) is 4.47. The monoisotopic (exact) mass is 269 g/mol. The van der Waals surface area contributed by atoms with E-state index in [9.17, 15) is 8.78 Å². The standard InChI is InChI=1S/C15H21F2NO/c1-2-3-4-7-19-15-6-5-12(9-14(15)17)8-13(10-16)11-18/h5-6,9-10H,2-4,7-8,11,18H2,1H3/b13-10-. The molecule has 0 unspecified atom stereocenters. The van der Waals surface area contributed by atoms with Gasteiger partial charge in [0.05, 0.1) is 12.9 Å². The van der Waals surface area contributed by atoms with Gasteiger partial charge in [0.1, 0.15) is 0 Å². The average molecular weight is 269 g/mol. The van der Waals surface area contributed by atoms with Crippen molar-refractivity contribution >= 4 is 0 Å². The summed E-state index contributed by atoms with van der Waals surface area (Å²) in [5.74, 6) is -0.164. The third kappa shape index (κ3) is 5.39. The van der Waals surface area contributed by atoms with E-state index in [2.05, 4.69) is 6.92 Å². The second-order valence-electron chi connectivity index (χ2n) is 4.47. The summed E-state index contributed by atoms with van der Waals surface area (Å²) in [7, 11) is 0. The highest BCUT2D eigenvalue weighted by Crippen LogP contribution is 2.20. The average Bonchev–Trinajstić information content (AvgIpc) is 2.42. The molecule has 0 saturated heterocycles. The molecule has 0 aliphatic carbocycles. The van der Waals surface area contributed by atoms with E-state index in [-0.39, 0.29) is 12.3 Å². The fourth-order valence-corrected chi connectivity index (χ4v) is 1.72. The van der Waals surface area contributed by atoms with E-state index in [0.717, 1.165) is 19.3 Å². The number of unbranched alkanes of at least 4 members (excludes halogenated alkanes) is 2. The van der Waals surface area contributed by atoms with Crippen LogP contribution in [-0.2, 0) is 6.42 Å². The molecule has 0 aliphatic heterocycles. The summed E-state index contributed by atoms with van der Waals surface area (Å²) < 4.78 is 31.5. The van der Waals surface area contributed by atoms with Gasteiger partial charge in [0, 0.05) is 6.54 Å². The SMILES string of the molecule is CCCCCOc1ccc(C/C(=C/F)CN)cc1F. The molecule has 0 amide bonds. The summed E-state index contributed by atoms with van der Waals surface area (Å²) in [6.45, 7) is 2.75. The van der Waals surface area contributed by atoms with Gasteiger partial charge in [-0.2, -0.15) is 0 Å². The highest BCUT2D eigenvalue weighted by molar-refractivity contribution is 5.31. The molecule has 19 heavy (non-hydrogen) atoms. The lowest BCUT2D eigenvalue weighted by Crippen LogP contribution is -2.06. The van der Waals surface area contributed by atoms with E-state index in [1.54, 1.807) is 12.1 Å². The molecular formula is C15H21F2NO. The second kappa shape index (κ2) is 8.64. The van der Waals surface area contributed by atoms with Crippen molar-refractivity contribution in [2.24, 2.45) is 5.73 Å². The molecule has 0 aliphatic rings. The minimum atomic E-state index is -0.413. The zero-order valence-corrected chi connectivity index (χ0v) is 11.3. The van der Waals surface area contributed by atoms with Gasteiger partial charge in [-0.3, -0.25) is 0 Å². The van der Waals surface area contributed by atoms with E-state index >= 15 is 0 Å². The molecule has 0 bridgehead atoms. The van der Waals surface area contributed by atoms with Crippen molar-refractivity contribution in [1.82, 2.24) is 0 Å². The van der Waals surface area contributed by atoms with E-state index < -0.39 is 5.82 Å². The Morgan fingerprint density at radius 1 is 1.37 bits per heavy atom. The quantitative estimate of drug-likeness (QED) is 0.729. The highest BCUT2D eigenvalue weighted by Gasteiger charge is 2.06. The van der Waals surface area contributed by atoms with Crippen LogP contribution in [0.5, 0.6) is 5.75 Å². The van der Waals surface area contributed by atoms with Gasteiger partial charge in [-0.25, -0.2) is 8.78 Å². The largest absolute Gasteiger partial charge is 0.491 e. The molecule has 0 saturated carbocycles. The zero-order chi connectivity index (χ0) is 14.1. The molecule has 4 heteroatoms. The van der Waals surface area contributed by atoms with Crippen molar-refractivity contribution in [3.8, 4) is 5.75 Å². The van der Waals surface area contributed by atoms with E-state index in [0.29, 0.717) is 30.5 Å². The van der Waals surface area contributed by atoms with Gasteiger partial charge >= 0.3 is 0 Å². The van der Waals surface area contributed by atoms with Crippen molar-refractivity contribution in [2.75, 3.05) is 13.2 Å². The van der Waals surface area contributed by atoms with Crippen LogP contribution < -0.4 is 10.5 Å². The Morgan fingerprint density at radius 3 is 2.74 bits per heavy atom. The van der Waals surface area contributed by atoms with Crippen molar-refractivity contribution in [2.45, 2.75) is 32.6 Å². The summed E-state index contributed by atoms with van der Waals surface area (Å²) in [5, 5.41) is 0. The fourth-order valence-electron chi connectivity index (χ4n) is 1.72. The molecule has 2 N–H and O–H groups in total. The Balaban J connectivity index is 2.59. The third-order valence-corrected chi connectivity index (χ3v) is 2.85. The third-order valence-electron chi connectivity index (χ3n) is 2.85. The Labute approximate surface area is 113 Å². The molecular weight excluding hydrogens is 248 g/mol. The van der Waals surface area contributed by atoms with Crippen molar-refractivity contribution < 1.29 is 13.5 Å². The minimum absolute atomic E-state index is 0.132. The lowest BCUT2D eigenvalue weighted by atomic mass is 10.1. The molecule has 1 aromatic rings. The van der Waals surface area contributed by atoms with Gasteiger partial charge in [-0.1, -0.05) is 25.8 Å². The first-order valence-corrected chi connectivity index (χ1v) is 6.60. The van der Waals surface area contributed by atoms with Gasteiger partial charge in [0.15, 0.2) is 11.6 Å². The number of ether oxygens (including phenoxy) is 1. The number of hydrogen-bond acceptors (Lipinski definition) is 2. The minimum Gasteiger partial charge on any atom is -0.491 e. The molecule has 0 heterocycles. The van der Waals surface area contributed by atoms with Crippen LogP contribution >= 0.6 is 0 Å². The van der Waals surface area contributed by atoms with Crippen LogP contribution in [0.25, 0.3) is 0 Å². The zero-order valence-electron chi connectivity index (χ0n) is 11.3. The summed E-state index contributed by atoms with van der Waals surface area (Å²) in [6, 6.07) is 4.69. The van der Waals surface area contributed by atoms with Crippen LogP contribution in [0.15, 0.2) is 30.1 Å². The van der Waals surface area contributed by atoms with E-state index in [1.807, 2.05) is 0 Å². The summed E-state index contributed by atoms with van der Waals surface area (Å²) in [5.41, 5.74) is 6.50. The number of halogens is 2. The van der Waals surface area contributed by atoms with Crippen molar-refractivity contribution in [3.63, 3.8) is 0 Å². The van der Waals surface area contributed by atoms with Gasteiger partial charge < -0.3 is 10.5 Å². The normalized spacial score (nSPS) is 11.7. The Bertz CT molecular complexity index is 419. The van der Waals surface area contributed by atoms with Crippen LogP contribution in [-0.4, -0.2) is 13.2 Å². The molecule has 0 aromatic heterocycles. The molecule has 0 fully saturated rings. The number of rotatable bonds is 8. The summed E-state index contributed by atoms with van der Waals surface area (Å²) in [6.07, 6.45) is 3.88. The van der Waals surface area contributed by atoms with Gasteiger partial charge in [-0.15, -0.1) is 0 Å². The molecule has 1 rings (SSSR count). The maximum Gasteiger partial charge on any atom is 0.165 e. The molecule has 106 valence electrons. The predicted octanol–water partition coefficient (Wildman–Crippen LogP) is 3.75. The van der Waals surface area contributed by atoms with Crippen LogP contribution in [0.1, 0.15) is 31.7 Å². The smallest absolute Gasteiger partial charge is 0.165 e. The van der Waals surface area contributed by atoms with Crippen LogP contribution in [0.4, 0.5) is 8.78 Å². The first kappa shape index (κ1) is 15.6. The Morgan fingerprint density at radius 2 is 2.16 bits per heavy atom.